The Morgan fingerprint density at radius 3 is 2.85 bits per heavy atom. The van der Waals surface area contributed by atoms with Crippen LogP contribution in [0, 0.1) is 5.92 Å². The lowest BCUT2D eigenvalue weighted by atomic mass is 9.97. The van der Waals surface area contributed by atoms with Gasteiger partial charge in [-0.25, -0.2) is 0 Å². The third kappa shape index (κ3) is 3.76. The summed E-state index contributed by atoms with van der Waals surface area (Å²) >= 11 is 6.04. The molecule has 4 rings (SSSR count). The third-order valence-electron chi connectivity index (χ3n) is 5.01. The lowest BCUT2D eigenvalue weighted by molar-refractivity contribution is -0.122. The van der Waals surface area contributed by atoms with Crippen molar-refractivity contribution in [1.29, 1.82) is 0 Å². The van der Waals surface area contributed by atoms with Crippen molar-refractivity contribution in [2.24, 2.45) is 5.92 Å². The molecule has 0 bridgehead atoms. The second-order valence-electron chi connectivity index (χ2n) is 6.92. The molecule has 2 heterocycles. The van der Waals surface area contributed by atoms with Crippen LogP contribution in [0.4, 0.5) is 0 Å². The van der Waals surface area contributed by atoms with Crippen LogP contribution >= 0.6 is 11.6 Å². The smallest absolute Gasteiger partial charge is 0.243 e. The molecule has 134 valence electrons. The van der Waals surface area contributed by atoms with Gasteiger partial charge >= 0.3 is 0 Å². The average Bonchev–Trinajstić information content (AvgIpc) is 3.04. The van der Waals surface area contributed by atoms with Crippen molar-refractivity contribution in [2.45, 2.75) is 19.4 Å². The summed E-state index contributed by atoms with van der Waals surface area (Å²) in [6.45, 7) is 2.74. The molecule has 2 aromatic carbocycles. The van der Waals surface area contributed by atoms with Crippen LogP contribution in [-0.2, 0) is 11.3 Å². The summed E-state index contributed by atoms with van der Waals surface area (Å²) in [5.74, 6) is 0.0902. The first-order valence-electron chi connectivity index (χ1n) is 9.03. The van der Waals surface area contributed by atoms with Gasteiger partial charge in [-0.1, -0.05) is 41.9 Å². The standard InChI is InChI=1S/C21H22ClN3O/c22-19-8-9-20-17(13-19)10-12-25(20)23-21(26)18-7-4-11-24(15-18)14-16-5-2-1-3-6-16/h1-3,5-6,8-10,12-13,18H,4,7,11,14-15H2,(H,23,26). The average molecular weight is 368 g/mol. The molecule has 1 saturated heterocycles. The van der Waals surface area contributed by atoms with E-state index in [1.807, 2.05) is 36.5 Å². The third-order valence-corrected chi connectivity index (χ3v) is 5.24. The molecule has 0 radical (unpaired) electrons. The van der Waals surface area contributed by atoms with Gasteiger partial charge in [0.25, 0.3) is 0 Å². The van der Waals surface area contributed by atoms with E-state index in [9.17, 15) is 4.79 Å². The van der Waals surface area contributed by atoms with Crippen molar-refractivity contribution in [3.63, 3.8) is 0 Å². The highest BCUT2D eigenvalue weighted by Crippen LogP contribution is 2.22. The van der Waals surface area contributed by atoms with E-state index in [0.717, 1.165) is 43.4 Å². The lowest BCUT2D eigenvalue weighted by Gasteiger charge is -2.32. The van der Waals surface area contributed by atoms with Crippen molar-refractivity contribution in [2.75, 3.05) is 18.5 Å². The monoisotopic (exact) mass is 367 g/mol. The molecule has 1 atom stereocenters. The predicted octanol–water partition coefficient (Wildman–Crippen LogP) is 4.28. The minimum Gasteiger partial charge on any atom is -0.298 e. The van der Waals surface area contributed by atoms with Gasteiger partial charge in [-0.3, -0.25) is 19.8 Å². The number of benzene rings is 2. The number of nitrogens with zero attached hydrogens (tertiary/aromatic N) is 2. The molecule has 1 fully saturated rings. The molecule has 0 spiro atoms. The molecule has 1 aliphatic rings. The summed E-state index contributed by atoms with van der Waals surface area (Å²) in [6, 6.07) is 18.1. The van der Waals surface area contributed by atoms with E-state index < -0.39 is 0 Å². The van der Waals surface area contributed by atoms with Gasteiger partial charge in [0.15, 0.2) is 0 Å². The van der Waals surface area contributed by atoms with E-state index in [1.165, 1.54) is 5.56 Å². The molecular formula is C21H22ClN3O. The number of halogens is 1. The number of hydrogen-bond acceptors (Lipinski definition) is 2. The van der Waals surface area contributed by atoms with Crippen LogP contribution in [0.1, 0.15) is 18.4 Å². The molecule has 3 aromatic rings. The summed E-state index contributed by atoms with van der Waals surface area (Å²) in [5.41, 5.74) is 5.30. The second-order valence-corrected chi connectivity index (χ2v) is 7.36. The number of hydrogen-bond donors (Lipinski definition) is 1. The Balaban J connectivity index is 1.42. The predicted molar refractivity (Wildman–Crippen MR) is 106 cm³/mol. The number of piperidine rings is 1. The first-order valence-corrected chi connectivity index (χ1v) is 9.40. The fourth-order valence-corrected chi connectivity index (χ4v) is 3.86. The number of fused-ring (bicyclic) bond motifs is 1. The largest absolute Gasteiger partial charge is 0.298 e. The van der Waals surface area contributed by atoms with Gasteiger partial charge in [-0.15, -0.1) is 0 Å². The normalized spacial score (nSPS) is 18.1. The highest BCUT2D eigenvalue weighted by atomic mass is 35.5. The molecular weight excluding hydrogens is 346 g/mol. The van der Waals surface area contributed by atoms with Crippen molar-refractivity contribution >= 4 is 28.4 Å². The van der Waals surface area contributed by atoms with Gasteiger partial charge in [0.1, 0.15) is 0 Å². The van der Waals surface area contributed by atoms with Crippen molar-refractivity contribution in [1.82, 2.24) is 9.58 Å². The van der Waals surface area contributed by atoms with Crippen molar-refractivity contribution in [3.05, 3.63) is 71.4 Å². The molecule has 0 saturated carbocycles. The summed E-state index contributed by atoms with van der Waals surface area (Å²) in [4.78, 5) is 15.2. The first kappa shape index (κ1) is 17.1. The number of amides is 1. The fraction of sp³-hybridized carbons (Fsp3) is 0.286. The fourth-order valence-electron chi connectivity index (χ4n) is 3.68. The number of rotatable bonds is 4. The Morgan fingerprint density at radius 1 is 1.15 bits per heavy atom. The van der Waals surface area contributed by atoms with E-state index >= 15 is 0 Å². The summed E-state index contributed by atoms with van der Waals surface area (Å²) in [7, 11) is 0. The number of carbonyl (C=O) groups is 1. The van der Waals surface area contributed by atoms with Crippen LogP contribution in [-0.4, -0.2) is 28.6 Å². The number of aromatic nitrogens is 1. The summed E-state index contributed by atoms with van der Waals surface area (Å²) < 4.78 is 1.80. The quantitative estimate of drug-likeness (QED) is 0.747. The van der Waals surface area contributed by atoms with Gasteiger partial charge in [0, 0.05) is 29.7 Å². The Hall–Kier alpha value is -2.30. The van der Waals surface area contributed by atoms with E-state index in [4.69, 9.17) is 11.6 Å². The Morgan fingerprint density at radius 2 is 2.00 bits per heavy atom. The van der Waals surface area contributed by atoms with Crippen molar-refractivity contribution in [3.8, 4) is 0 Å². The maximum absolute atomic E-state index is 12.8. The molecule has 0 aliphatic carbocycles. The molecule has 1 N–H and O–H groups in total. The van der Waals surface area contributed by atoms with E-state index in [0.29, 0.717) is 5.02 Å². The van der Waals surface area contributed by atoms with Gasteiger partial charge in [0.05, 0.1) is 11.4 Å². The zero-order chi connectivity index (χ0) is 17.9. The number of nitrogens with one attached hydrogen (secondary N) is 1. The molecule has 5 heteroatoms. The van der Waals surface area contributed by atoms with E-state index in [1.54, 1.807) is 4.68 Å². The SMILES string of the molecule is O=C(Nn1ccc2cc(Cl)ccc21)C1CCCN(Cc2ccccc2)C1. The molecule has 1 aromatic heterocycles. The topological polar surface area (TPSA) is 37.3 Å². The van der Waals surface area contributed by atoms with Crippen LogP contribution < -0.4 is 5.43 Å². The van der Waals surface area contributed by atoms with Crippen LogP contribution in [0.25, 0.3) is 10.9 Å². The molecule has 26 heavy (non-hydrogen) atoms. The molecule has 1 aliphatic heterocycles. The van der Waals surface area contributed by atoms with Crippen molar-refractivity contribution < 1.29 is 4.79 Å². The Labute approximate surface area is 158 Å². The van der Waals surface area contributed by atoms with Gasteiger partial charge in [-0.05, 0) is 49.2 Å². The first-order chi connectivity index (χ1) is 12.7. The second kappa shape index (κ2) is 7.52. The zero-order valence-electron chi connectivity index (χ0n) is 14.6. The van der Waals surface area contributed by atoms with E-state index in [-0.39, 0.29) is 11.8 Å². The lowest BCUT2D eigenvalue weighted by Crippen LogP contribution is -2.41. The van der Waals surface area contributed by atoms with Gasteiger partial charge in [-0.2, -0.15) is 0 Å². The maximum atomic E-state index is 12.8. The molecule has 1 unspecified atom stereocenters. The van der Waals surface area contributed by atoms with Gasteiger partial charge < -0.3 is 0 Å². The van der Waals surface area contributed by atoms with E-state index in [2.05, 4.69) is 34.6 Å². The maximum Gasteiger partial charge on any atom is 0.243 e. The van der Waals surface area contributed by atoms with Crippen LogP contribution in [0.15, 0.2) is 60.8 Å². The van der Waals surface area contributed by atoms with Crippen LogP contribution in [0.5, 0.6) is 0 Å². The molecule has 4 nitrogen and oxygen atoms in total. The van der Waals surface area contributed by atoms with Crippen LogP contribution in [0.2, 0.25) is 5.02 Å². The number of likely N-dealkylation sites (tertiary alicyclic amines) is 1. The summed E-state index contributed by atoms with van der Waals surface area (Å²) in [6.07, 6.45) is 3.86. The highest BCUT2D eigenvalue weighted by Gasteiger charge is 2.26. The highest BCUT2D eigenvalue weighted by molar-refractivity contribution is 6.31. The number of carbonyl (C=O) groups excluding carboxylic acids is 1. The minimum absolute atomic E-state index is 0.0113. The van der Waals surface area contributed by atoms with Gasteiger partial charge in [0.2, 0.25) is 5.91 Å². The van der Waals surface area contributed by atoms with Crippen LogP contribution in [0.3, 0.4) is 0 Å². The Kier molecular flexibility index (Phi) is 4.96. The summed E-state index contributed by atoms with van der Waals surface area (Å²) in [5, 5.41) is 1.72. The minimum atomic E-state index is 0.0113. The molecule has 1 amide bonds. The Bertz CT molecular complexity index is 906. The zero-order valence-corrected chi connectivity index (χ0v) is 15.3.